The quantitative estimate of drug-likeness (QED) is 0.0443. The van der Waals surface area contributed by atoms with Crippen molar-refractivity contribution in [2.24, 2.45) is 0 Å². The zero-order chi connectivity index (χ0) is 63.8. The van der Waals surface area contributed by atoms with E-state index in [9.17, 15) is 25.2 Å². The van der Waals surface area contributed by atoms with E-state index in [1.54, 1.807) is 33.3 Å². The first-order chi connectivity index (χ1) is 41.0. The Balaban J connectivity index is 0.000000234. The summed E-state index contributed by atoms with van der Waals surface area (Å²) in [5, 5.41) is 47.5. The van der Waals surface area contributed by atoms with E-state index < -0.39 is 41.5 Å². The number of aliphatic hydroxyl groups is 4. The molecule has 0 saturated carbocycles. The second-order valence-electron chi connectivity index (χ2n) is 24.9. The topological polar surface area (TPSA) is 188 Å². The van der Waals surface area contributed by atoms with Gasteiger partial charge in [-0.2, -0.15) is 0 Å². The maximum atomic E-state index is 11.0. The van der Waals surface area contributed by atoms with E-state index in [-0.39, 0.29) is 12.4 Å². The van der Waals surface area contributed by atoms with E-state index in [2.05, 4.69) is 227 Å². The Morgan fingerprint density at radius 1 is 0.500 bits per heavy atom. The summed E-state index contributed by atoms with van der Waals surface area (Å²) >= 11 is -3.23. The van der Waals surface area contributed by atoms with Gasteiger partial charge in [0.05, 0.1) is 22.4 Å². The fourth-order valence-electron chi connectivity index (χ4n) is 11.6. The van der Waals surface area contributed by atoms with Crippen LogP contribution in [-0.4, -0.2) is 121 Å². The summed E-state index contributed by atoms with van der Waals surface area (Å²) in [5.41, 5.74) is 3.94. The normalized spacial score (nSPS) is 17.7. The van der Waals surface area contributed by atoms with Crippen LogP contribution >= 0.6 is 38.7 Å². The molecule has 6 aromatic carbocycles. The van der Waals surface area contributed by atoms with Gasteiger partial charge in [-0.15, -0.1) is 12.4 Å². The van der Waals surface area contributed by atoms with Crippen LogP contribution in [0.15, 0.2) is 193 Å². The summed E-state index contributed by atoms with van der Waals surface area (Å²) in [6.07, 6.45) is 6.50. The van der Waals surface area contributed by atoms with Crippen molar-refractivity contribution < 1.29 is 54.2 Å². The number of benzene rings is 6. The number of nitrogens with one attached hydrogen (secondary N) is 1. The van der Waals surface area contributed by atoms with Crippen LogP contribution < -0.4 is 21.2 Å². The number of Topliss-reactive ketones (excluding diaryl/α,β-unsaturated/α-hetero) is 1. The average molecular weight is 1540 g/mol. The molecule has 4 fully saturated rings. The number of carbonyl (C=O) groups is 1. The Morgan fingerprint density at radius 3 is 1.02 bits per heavy atom. The molecule has 6 aromatic rings. The number of hydrogen-bond acceptors (Lipinski definition) is 13. The van der Waals surface area contributed by atoms with E-state index >= 15 is 0 Å². The SMILES string of the molecule is CC(C)(O)C1(O)CCN(Cc2ccccc2)CC1.CC(C)(O)C1(O)CCNCC1.CC(C)=C1CCN(Cc2ccccc2)CC1.CC(C)P(I)(c1ccccc1)(c1ccccc1)c1ccccc1.Cl.O=C1CCN(Cc2ccccc2)CC1.[O]=[Os](=[O])(=[O])=[O]. The van der Waals surface area contributed by atoms with E-state index in [1.807, 2.05) is 24.3 Å². The molecule has 4 aliphatic rings. The molecule has 484 valence electrons. The van der Waals surface area contributed by atoms with E-state index in [0.717, 1.165) is 71.7 Å². The summed E-state index contributed by atoms with van der Waals surface area (Å²) in [6.45, 7) is 26.5. The van der Waals surface area contributed by atoms with Crippen molar-refractivity contribution >= 4 is 60.4 Å². The van der Waals surface area contributed by atoms with Gasteiger partial charge in [0.15, 0.2) is 0 Å². The molecule has 0 amide bonds. The monoisotopic (exact) mass is 1540 g/mol. The first kappa shape index (κ1) is 76.2. The molecule has 0 bridgehead atoms. The number of carbonyl (C=O) groups excluding carboxylic acids is 1. The Kier molecular flexibility index (Phi) is 30.7. The minimum absolute atomic E-state index is 0. The zero-order valence-corrected chi connectivity index (χ0v) is 59.5. The van der Waals surface area contributed by atoms with Gasteiger partial charge in [-0.05, 0) is 110 Å². The number of piperidine rings is 4. The number of rotatable bonds is 12. The van der Waals surface area contributed by atoms with Gasteiger partial charge in [-0.3, -0.25) is 19.5 Å². The van der Waals surface area contributed by atoms with Gasteiger partial charge < -0.3 is 25.7 Å². The first-order valence-electron chi connectivity index (χ1n) is 30.6. The molecule has 0 aliphatic carbocycles. The number of allylic oxidation sites excluding steroid dienone is 1. The van der Waals surface area contributed by atoms with Gasteiger partial charge >= 0.3 is 182 Å². The number of ketones is 1. The van der Waals surface area contributed by atoms with Crippen LogP contribution in [0.2, 0.25) is 0 Å². The van der Waals surface area contributed by atoms with E-state index in [0.29, 0.717) is 37.1 Å². The predicted octanol–water partition coefficient (Wildman–Crippen LogP) is 12.3. The summed E-state index contributed by atoms with van der Waals surface area (Å²) in [4.78, 5) is 18.3. The molecule has 0 atom stereocenters. The van der Waals surface area contributed by atoms with Gasteiger partial charge in [0.2, 0.25) is 0 Å². The molecule has 0 unspecified atom stereocenters. The predicted molar refractivity (Wildman–Crippen MR) is 365 cm³/mol. The van der Waals surface area contributed by atoms with Crippen LogP contribution in [0.4, 0.5) is 0 Å². The molecule has 4 saturated heterocycles. The summed E-state index contributed by atoms with van der Waals surface area (Å²) in [7, 11) is 0. The molecule has 5 N–H and O–H groups in total. The van der Waals surface area contributed by atoms with Crippen molar-refractivity contribution in [3.63, 3.8) is 0 Å². The molecule has 4 heterocycles. The zero-order valence-electron chi connectivity index (χ0n) is 53.1. The molecule has 0 spiro atoms. The van der Waals surface area contributed by atoms with Crippen molar-refractivity contribution in [1.29, 1.82) is 0 Å². The third kappa shape index (κ3) is 23.1. The van der Waals surface area contributed by atoms with Crippen molar-refractivity contribution in [3.8, 4) is 0 Å². The Labute approximate surface area is 547 Å². The molecular weight excluding hydrogens is 1440 g/mol. The van der Waals surface area contributed by atoms with Crippen LogP contribution in [0, 0.1) is 0 Å². The van der Waals surface area contributed by atoms with Crippen LogP contribution in [0.25, 0.3) is 0 Å². The van der Waals surface area contributed by atoms with E-state index in [1.165, 1.54) is 64.1 Å². The third-order valence-electron chi connectivity index (χ3n) is 17.5. The molecule has 4 aliphatic heterocycles. The van der Waals surface area contributed by atoms with Crippen molar-refractivity contribution in [1.82, 2.24) is 20.0 Å². The van der Waals surface area contributed by atoms with Gasteiger partial charge in [0, 0.05) is 71.7 Å². The van der Waals surface area contributed by atoms with Crippen molar-refractivity contribution in [2.45, 2.75) is 154 Å². The standard InChI is InChI=1S/C21H22IP.C15H23NO2.C15H21N.C12H15NO.C8H17NO2.ClH.4O.Os/c1-18(2)23(22,19-12-6-3-7-13-19,20-14-8-4-9-15-20)21-16-10-5-11-17-21;1-14(2,17)15(18)8-10-16(11-9-15)12-13-6-4-3-5-7-13;1-13(2)15-8-10-16(11-9-15)12-14-6-4-3-5-7-14;14-12-6-8-13(9-7-12)10-11-4-2-1-3-5-11;1-7(2,10)8(11)3-5-9-6-4-8;;;;;;/h3-18H,1-2H3;3-7,17-18H,8-12H2,1-2H3;3-7H,8-12H2,1-2H3;1-5H,6-10H2;9-11H,3-6H2,1-2H3;1H;;;;;. The van der Waals surface area contributed by atoms with Gasteiger partial charge in [0.25, 0.3) is 0 Å². The second kappa shape index (κ2) is 35.5. The number of hydrogen-bond donors (Lipinski definition) is 5. The van der Waals surface area contributed by atoms with Gasteiger partial charge in [-0.1, -0.05) is 102 Å². The average Bonchev–Trinajstić information content (AvgIpc) is 0.725. The van der Waals surface area contributed by atoms with Crippen LogP contribution in [-0.2, 0) is 53.4 Å². The first-order valence-corrected chi connectivity index (χ1v) is 39.8. The van der Waals surface area contributed by atoms with E-state index in [4.69, 9.17) is 14.2 Å². The third-order valence-corrected chi connectivity index (χ3v) is 31.7. The molecule has 0 aromatic heterocycles. The summed E-state index contributed by atoms with van der Waals surface area (Å²) in [6, 6.07) is 64.8. The van der Waals surface area contributed by atoms with Crippen LogP contribution in [0.5, 0.6) is 0 Å². The van der Waals surface area contributed by atoms with Crippen molar-refractivity contribution in [2.75, 3.05) is 52.4 Å². The minimum atomic E-state index is -6.06. The Morgan fingerprint density at radius 2 is 0.761 bits per heavy atom. The second-order valence-corrected chi connectivity index (χ2v) is 38.2. The molecular formula is C71H99ClIN4O9OsP. The molecule has 10 rings (SSSR count). The molecule has 17 heteroatoms. The molecule has 88 heavy (non-hydrogen) atoms. The Hall–Kier alpha value is -4.30. The number of likely N-dealkylation sites (tertiary alicyclic amines) is 3. The van der Waals surface area contributed by atoms with Crippen LogP contribution in [0.1, 0.15) is 123 Å². The summed E-state index contributed by atoms with van der Waals surface area (Å²) < 4.78 is 32.0. The summed E-state index contributed by atoms with van der Waals surface area (Å²) in [5.74, 6) is 0.411. The number of nitrogens with zero attached hydrogens (tertiary/aromatic N) is 3. The fourth-order valence-corrected chi connectivity index (χ4v) is 19.5. The maximum absolute atomic E-state index is 11.0. The van der Waals surface area contributed by atoms with Gasteiger partial charge in [0.1, 0.15) is 5.78 Å². The van der Waals surface area contributed by atoms with Gasteiger partial charge in [-0.25, -0.2) is 0 Å². The number of halogens is 2. The Bertz CT molecular complexity index is 3120. The fraction of sp³-hybridized carbons (Fsp3) is 0.451. The van der Waals surface area contributed by atoms with Crippen molar-refractivity contribution in [3.05, 3.63) is 210 Å². The molecule has 13 nitrogen and oxygen atoms in total. The molecule has 0 radical (unpaired) electrons. The van der Waals surface area contributed by atoms with Crippen LogP contribution in [0.3, 0.4) is 0 Å².